The van der Waals surface area contributed by atoms with Gasteiger partial charge in [-0.15, -0.1) is 0 Å². The Hall–Kier alpha value is -0.0400. The first-order chi connectivity index (χ1) is 3.70. The van der Waals surface area contributed by atoms with E-state index in [1.54, 1.807) is 0 Å². The molecular formula is C7H13N. The quantitative estimate of drug-likeness (QED) is 0.452. The van der Waals surface area contributed by atoms with Gasteiger partial charge in [-0.1, -0.05) is 6.92 Å². The maximum absolute atomic E-state index is 2.49. The molecule has 2 heterocycles. The highest BCUT2D eigenvalue weighted by Gasteiger charge is 2.49. The molecule has 2 saturated heterocycles. The van der Waals surface area contributed by atoms with Crippen molar-refractivity contribution in [2.45, 2.75) is 25.8 Å². The molecule has 3 rings (SSSR count). The molecule has 1 aliphatic carbocycles. The van der Waals surface area contributed by atoms with Crippen LogP contribution in [0.4, 0.5) is 0 Å². The van der Waals surface area contributed by atoms with E-state index >= 15 is 0 Å². The Morgan fingerprint density at radius 1 is 1.50 bits per heavy atom. The van der Waals surface area contributed by atoms with Crippen LogP contribution in [0.25, 0.3) is 0 Å². The molecule has 3 fully saturated rings. The lowest BCUT2D eigenvalue weighted by Crippen LogP contribution is -2.31. The van der Waals surface area contributed by atoms with E-state index in [1.165, 1.54) is 19.4 Å². The van der Waals surface area contributed by atoms with Crippen molar-refractivity contribution in [3.63, 3.8) is 0 Å². The Balaban J connectivity index is 2.17. The van der Waals surface area contributed by atoms with Gasteiger partial charge in [0.05, 0.1) is 0 Å². The van der Waals surface area contributed by atoms with Crippen molar-refractivity contribution in [3.05, 3.63) is 0 Å². The lowest BCUT2D eigenvalue weighted by molar-refractivity contribution is 0.206. The van der Waals surface area contributed by atoms with Gasteiger partial charge in [0.15, 0.2) is 0 Å². The summed E-state index contributed by atoms with van der Waals surface area (Å²) < 4.78 is 0. The highest BCUT2D eigenvalue weighted by molar-refractivity contribution is 5.04. The van der Waals surface area contributed by atoms with E-state index in [-0.39, 0.29) is 0 Å². The standard InChI is InChI=1S/C7H13N/c1-7-3-6(4-7)8(2)5-7/h6H,3-5H2,1-2H3. The number of fused-ring (bicyclic) bond motifs is 1. The summed E-state index contributed by atoms with van der Waals surface area (Å²) in [4.78, 5) is 2.49. The molecular weight excluding hydrogens is 98.1 g/mol. The lowest BCUT2D eigenvalue weighted by Gasteiger charge is -2.33. The number of rotatable bonds is 0. The molecule has 46 valence electrons. The smallest absolute Gasteiger partial charge is 0.0104 e. The Labute approximate surface area is 50.7 Å². The maximum atomic E-state index is 2.49. The van der Waals surface area contributed by atoms with Gasteiger partial charge in [0.2, 0.25) is 0 Å². The van der Waals surface area contributed by atoms with Gasteiger partial charge in [-0.25, -0.2) is 0 Å². The average molecular weight is 111 g/mol. The monoisotopic (exact) mass is 111 g/mol. The second-order valence-corrected chi connectivity index (χ2v) is 3.79. The van der Waals surface area contributed by atoms with Crippen LogP contribution in [0.1, 0.15) is 19.8 Å². The molecule has 0 amide bonds. The fraction of sp³-hybridized carbons (Fsp3) is 1.00. The summed E-state index contributed by atoms with van der Waals surface area (Å²) in [5.41, 5.74) is 0.736. The van der Waals surface area contributed by atoms with Gasteiger partial charge >= 0.3 is 0 Å². The van der Waals surface area contributed by atoms with Gasteiger partial charge in [0.25, 0.3) is 0 Å². The van der Waals surface area contributed by atoms with E-state index in [0.717, 1.165) is 11.5 Å². The predicted molar refractivity (Wildman–Crippen MR) is 33.8 cm³/mol. The van der Waals surface area contributed by atoms with Gasteiger partial charge < -0.3 is 4.90 Å². The Kier molecular flexibility index (Phi) is 0.663. The van der Waals surface area contributed by atoms with Gasteiger partial charge in [-0.05, 0) is 25.3 Å². The zero-order chi connectivity index (χ0) is 5.78. The molecule has 0 radical (unpaired) electrons. The van der Waals surface area contributed by atoms with Crippen molar-refractivity contribution in [2.24, 2.45) is 5.41 Å². The summed E-state index contributed by atoms with van der Waals surface area (Å²) in [6, 6.07) is 0.958. The lowest BCUT2D eigenvalue weighted by atomic mass is 9.72. The van der Waals surface area contributed by atoms with Crippen LogP contribution in [-0.2, 0) is 0 Å². The molecule has 1 nitrogen and oxygen atoms in total. The van der Waals surface area contributed by atoms with E-state index < -0.39 is 0 Å². The zero-order valence-electron chi connectivity index (χ0n) is 5.65. The second-order valence-electron chi connectivity index (χ2n) is 3.79. The van der Waals surface area contributed by atoms with Crippen LogP contribution in [0.2, 0.25) is 0 Å². The third-order valence-corrected chi connectivity index (χ3v) is 2.71. The van der Waals surface area contributed by atoms with E-state index in [0.29, 0.717) is 0 Å². The van der Waals surface area contributed by atoms with Crippen molar-refractivity contribution < 1.29 is 0 Å². The third-order valence-electron chi connectivity index (χ3n) is 2.71. The molecule has 2 bridgehead atoms. The number of hydrogen-bond donors (Lipinski definition) is 0. The highest BCUT2D eigenvalue weighted by atomic mass is 15.2. The number of nitrogens with zero attached hydrogens (tertiary/aromatic N) is 1. The molecule has 0 spiro atoms. The zero-order valence-corrected chi connectivity index (χ0v) is 5.65. The van der Waals surface area contributed by atoms with Crippen molar-refractivity contribution in [3.8, 4) is 0 Å². The van der Waals surface area contributed by atoms with Crippen LogP contribution in [0.3, 0.4) is 0 Å². The van der Waals surface area contributed by atoms with Crippen LogP contribution in [-0.4, -0.2) is 24.5 Å². The molecule has 0 atom stereocenters. The summed E-state index contributed by atoms with van der Waals surface area (Å²) in [5, 5.41) is 0. The molecule has 0 aromatic rings. The average Bonchev–Trinajstić information content (AvgIpc) is 1.88. The molecule has 8 heavy (non-hydrogen) atoms. The molecule has 3 aliphatic rings. The highest BCUT2D eigenvalue weighted by Crippen LogP contribution is 2.50. The molecule has 0 N–H and O–H groups in total. The minimum Gasteiger partial charge on any atom is -0.303 e. The van der Waals surface area contributed by atoms with Gasteiger partial charge in [0, 0.05) is 12.6 Å². The summed E-state index contributed by atoms with van der Waals surface area (Å²) in [6.07, 6.45) is 2.92. The van der Waals surface area contributed by atoms with Crippen molar-refractivity contribution in [1.82, 2.24) is 4.90 Å². The fourth-order valence-electron chi connectivity index (χ4n) is 2.25. The Bertz CT molecular complexity index is 114. The maximum Gasteiger partial charge on any atom is 0.0104 e. The minimum atomic E-state index is 0.736. The van der Waals surface area contributed by atoms with Crippen molar-refractivity contribution >= 4 is 0 Å². The second kappa shape index (κ2) is 1.10. The fourth-order valence-corrected chi connectivity index (χ4v) is 2.25. The van der Waals surface area contributed by atoms with Crippen LogP contribution < -0.4 is 0 Å². The summed E-state index contributed by atoms with van der Waals surface area (Å²) >= 11 is 0. The Morgan fingerprint density at radius 2 is 2.12 bits per heavy atom. The molecule has 2 aliphatic heterocycles. The van der Waals surface area contributed by atoms with Crippen LogP contribution in [0.5, 0.6) is 0 Å². The first-order valence-corrected chi connectivity index (χ1v) is 3.40. The molecule has 1 saturated carbocycles. The topological polar surface area (TPSA) is 3.24 Å². The van der Waals surface area contributed by atoms with Gasteiger partial charge in [0.1, 0.15) is 0 Å². The van der Waals surface area contributed by atoms with E-state index in [2.05, 4.69) is 18.9 Å². The first kappa shape index (κ1) is 4.80. The van der Waals surface area contributed by atoms with E-state index in [1.807, 2.05) is 0 Å². The van der Waals surface area contributed by atoms with E-state index in [4.69, 9.17) is 0 Å². The first-order valence-electron chi connectivity index (χ1n) is 3.40. The summed E-state index contributed by atoms with van der Waals surface area (Å²) in [7, 11) is 2.24. The number of hydrogen-bond acceptors (Lipinski definition) is 1. The SMILES string of the molecule is CN1CC2(C)CC1C2. The third kappa shape index (κ3) is 0.408. The van der Waals surface area contributed by atoms with E-state index in [9.17, 15) is 0 Å². The summed E-state index contributed by atoms with van der Waals surface area (Å²) in [6.45, 7) is 3.74. The minimum absolute atomic E-state index is 0.736. The van der Waals surface area contributed by atoms with Crippen LogP contribution in [0.15, 0.2) is 0 Å². The normalized spacial score (nSPS) is 54.0. The van der Waals surface area contributed by atoms with Gasteiger partial charge in [-0.2, -0.15) is 0 Å². The van der Waals surface area contributed by atoms with Crippen LogP contribution >= 0.6 is 0 Å². The largest absolute Gasteiger partial charge is 0.303 e. The van der Waals surface area contributed by atoms with Crippen molar-refractivity contribution in [2.75, 3.05) is 13.6 Å². The summed E-state index contributed by atoms with van der Waals surface area (Å²) in [5.74, 6) is 0. The molecule has 0 unspecified atom stereocenters. The van der Waals surface area contributed by atoms with Crippen LogP contribution in [0, 0.1) is 5.41 Å². The molecule has 1 heteroatoms. The molecule has 0 aromatic heterocycles. The predicted octanol–water partition coefficient (Wildman–Crippen LogP) is 1.10. The molecule has 0 aromatic carbocycles. The van der Waals surface area contributed by atoms with Gasteiger partial charge in [-0.3, -0.25) is 0 Å². The van der Waals surface area contributed by atoms with Crippen molar-refractivity contribution in [1.29, 1.82) is 0 Å². The Morgan fingerprint density at radius 3 is 2.25 bits per heavy atom.